The molecular formula is C17H13BrN2O4. The summed E-state index contributed by atoms with van der Waals surface area (Å²) in [4.78, 5) is 12.2. The number of nitrogens with zero attached hydrogens (tertiary/aromatic N) is 1. The van der Waals surface area contributed by atoms with E-state index in [1.165, 1.54) is 12.3 Å². The molecule has 0 atom stereocenters. The molecule has 6 nitrogen and oxygen atoms in total. The lowest BCUT2D eigenvalue weighted by Crippen LogP contribution is -2.17. The van der Waals surface area contributed by atoms with Crippen LogP contribution in [0.2, 0.25) is 0 Å². The maximum atomic E-state index is 12.2. The lowest BCUT2D eigenvalue weighted by atomic mass is 10.1. The van der Waals surface area contributed by atoms with Crippen molar-refractivity contribution < 1.29 is 19.4 Å². The molecule has 0 fully saturated rings. The molecule has 1 amide bonds. The number of hydrogen-bond acceptors (Lipinski definition) is 5. The van der Waals surface area contributed by atoms with Crippen LogP contribution in [0.25, 0.3) is 11.0 Å². The van der Waals surface area contributed by atoms with Crippen LogP contribution < -0.4 is 5.43 Å². The molecule has 3 N–H and O–H groups in total. The third-order valence-electron chi connectivity index (χ3n) is 3.53. The van der Waals surface area contributed by atoms with Gasteiger partial charge in [0.1, 0.15) is 17.1 Å². The Labute approximate surface area is 145 Å². The Kier molecular flexibility index (Phi) is 4.26. The minimum Gasteiger partial charge on any atom is -0.507 e. The van der Waals surface area contributed by atoms with E-state index < -0.39 is 5.91 Å². The smallest absolute Gasteiger partial charge is 0.307 e. The first-order valence-electron chi connectivity index (χ1n) is 7.01. The number of rotatable bonds is 3. The average Bonchev–Trinajstić information content (AvgIpc) is 2.90. The van der Waals surface area contributed by atoms with Crippen molar-refractivity contribution in [2.45, 2.75) is 6.92 Å². The van der Waals surface area contributed by atoms with Crippen LogP contribution in [0.15, 0.2) is 50.4 Å². The Morgan fingerprint density at radius 2 is 2.00 bits per heavy atom. The summed E-state index contributed by atoms with van der Waals surface area (Å²) in [5, 5.41) is 24.0. The maximum absolute atomic E-state index is 12.2. The highest BCUT2D eigenvalue weighted by atomic mass is 79.9. The Morgan fingerprint density at radius 1 is 1.25 bits per heavy atom. The van der Waals surface area contributed by atoms with Gasteiger partial charge in [0.05, 0.1) is 16.1 Å². The summed E-state index contributed by atoms with van der Waals surface area (Å²) < 4.78 is 6.01. The first-order chi connectivity index (χ1) is 11.5. The molecule has 0 spiro atoms. The molecular weight excluding hydrogens is 376 g/mol. The Balaban J connectivity index is 1.83. The summed E-state index contributed by atoms with van der Waals surface area (Å²) in [6.45, 7) is 1.68. The van der Waals surface area contributed by atoms with E-state index in [1.807, 2.05) is 0 Å². The number of hydrazone groups is 1. The number of halogens is 1. The van der Waals surface area contributed by atoms with Gasteiger partial charge in [-0.2, -0.15) is 5.10 Å². The molecule has 3 rings (SSSR count). The third kappa shape index (κ3) is 2.85. The van der Waals surface area contributed by atoms with Crippen LogP contribution in [-0.4, -0.2) is 22.3 Å². The zero-order valence-corrected chi connectivity index (χ0v) is 14.2. The fraction of sp³-hybridized carbons (Fsp3) is 0.0588. The molecule has 0 aliphatic heterocycles. The van der Waals surface area contributed by atoms with Crippen LogP contribution in [0.4, 0.5) is 0 Å². The van der Waals surface area contributed by atoms with E-state index in [4.69, 9.17) is 4.42 Å². The van der Waals surface area contributed by atoms with Gasteiger partial charge in [-0.3, -0.25) is 4.79 Å². The maximum Gasteiger partial charge on any atom is 0.307 e. The minimum atomic E-state index is -0.547. The first-order valence-corrected chi connectivity index (χ1v) is 7.80. The van der Waals surface area contributed by atoms with Crippen LogP contribution in [0.5, 0.6) is 11.5 Å². The predicted molar refractivity (Wildman–Crippen MR) is 93.5 cm³/mol. The van der Waals surface area contributed by atoms with Gasteiger partial charge in [-0.25, -0.2) is 5.43 Å². The lowest BCUT2D eigenvalue weighted by Gasteiger charge is -2.01. The summed E-state index contributed by atoms with van der Waals surface area (Å²) in [5.41, 5.74) is 3.74. The fourth-order valence-corrected chi connectivity index (χ4v) is 2.73. The van der Waals surface area contributed by atoms with E-state index in [1.54, 1.807) is 37.3 Å². The van der Waals surface area contributed by atoms with E-state index in [9.17, 15) is 15.0 Å². The first kappa shape index (κ1) is 16.1. The fourth-order valence-electron chi connectivity index (χ4n) is 2.35. The molecule has 0 saturated carbocycles. The van der Waals surface area contributed by atoms with Gasteiger partial charge >= 0.3 is 5.91 Å². The van der Waals surface area contributed by atoms with Gasteiger partial charge in [0, 0.05) is 11.1 Å². The molecule has 1 aromatic heterocycles. The minimum absolute atomic E-state index is 0.0281. The van der Waals surface area contributed by atoms with Gasteiger partial charge < -0.3 is 14.6 Å². The van der Waals surface area contributed by atoms with E-state index >= 15 is 0 Å². The number of furan rings is 1. The molecule has 0 bridgehead atoms. The number of aromatic hydroxyl groups is 2. The van der Waals surface area contributed by atoms with Crippen LogP contribution in [0, 0.1) is 6.92 Å². The number of benzene rings is 2. The van der Waals surface area contributed by atoms with E-state index in [-0.39, 0.29) is 17.3 Å². The molecule has 3 aromatic rings. The number of para-hydroxylation sites is 1. The van der Waals surface area contributed by atoms with Crippen molar-refractivity contribution in [1.82, 2.24) is 5.43 Å². The highest BCUT2D eigenvalue weighted by Gasteiger charge is 2.19. The SMILES string of the molecule is Cc1c(C(=O)N/N=C\c2cccc(Br)c2O)oc2cccc(O)c12. The van der Waals surface area contributed by atoms with Gasteiger partial charge in [0.25, 0.3) is 0 Å². The van der Waals surface area contributed by atoms with Crippen molar-refractivity contribution in [2.24, 2.45) is 5.10 Å². The summed E-state index contributed by atoms with van der Waals surface area (Å²) in [6, 6.07) is 9.91. The van der Waals surface area contributed by atoms with Crippen LogP contribution in [0.3, 0.4) is 0 Å². The summed E-state index contributed by atoms with van der Waals surface area (Å²) >= 11 is 3.20. The second kappa shape index (κ2) is 6.37. The van der Waals surface area contributed by atoms with E-state index in [2.05, 4.69) is 26.5 Å². The van der Waals surface area contributed by atoms with Crippen molar-refractivity contribution in [3.63, 3.8) is 0 Å². The predicted octanol–water partition coefficient (Wildman–Crippen LogP) is 3.68. The molecule has 122 valence electrons. The molecule has 24 heavy (non-hydrogen) atoms. The monoisotopic (exact) mass is 388 g/mol. The van der Waals surface area contributed by atoms with Crippen LogP contribution in [0.1, 0.15) is 21.7 Å². The number of carbonyl (C=O) groups is 1. The molecule has 0 unspecified atom stereocenters. The van der Waals surface area contributed by atoms with Gasteiger partial charge in [-0.15, -0.1) is 0 Å². The third-order valence-corrected chi connectivity index (χ3v) is 4.17. The second-order valence-corrected chi connectivity index (χ2v) is 5.94. The van der Waals surface area contributed by atoms with Crippen molar-refractivity contribution in [3.8, 4) is 11.5 Å². The van der Waals surface area contributed by atoms with Crippen molar-refractivity contribution in [3.05, 3.63) is 57.8 Å². The zero-order valence-electron chi connectivity index (χ0n) is 12.6. The van der Waals surface area contributed by atoms with Crippen LogP contribution in [-0.2, 0) is 0 Å². The summed E-state index contributed by atoms with van der Waals surface area (Å²) in [6.07, 6.45) is 1.33. The number of aryl methyl sites for hydroxylation is 1. The zero-order chi connectivity index (χ0) is 17.3. The molecule has 1 heterocycles. The van der Waals surface area contributed by atoms with Crippen LogP contribution >= 0.6 is 15.9 Å². The number of hydrogen-bond donors (Lipinski definition) is 3. The number of fused-ring (bicyclic) bond motifs is 1. The molecule has 7 heteroatoms. The number of amides is 1. The topological polar surface area (TPSA) is 95.1 Å². The number of nitrogens with one attached hydrogen (secondary N) is 1. The van der Waals surface area contributed by atoms with Crippen molar-refractivity contribution in [2.75, 3.05) is 0 Å². The highest BCUT2D eigenvalue weighted by molar-refractivity contribution is 9.10. The summed E-state index contributed by atoms with van der Waals surface area (Å²) in [5.74, 6) is -0.397. The van der Waals surface area contributed by atoms with Gasteiger partial charge in [0.2, 0.25) is 0 Å². The van der Waals surface area contributed by atoms with E-state index in [0.717, 1.165) is 0 Å². The average molecular weight is 389 g/mol. The number of phenols is 2. The highest BCUT2D eigenvalue weighted by Crippen LogP contribution is 2.32. The van der Waals surface area contributed by atoms with Crippen molar-refractivity contribution in [1.29, 1.82) is 0 Å². The quantitative estimate of drug-likeness (QED) is 0.471. The largest absolute Gasteiger partial charge is 0.507 e. The normalized spacial score (nSPS) is 11.2. The van der Waals surface area contributed by atoms with Crippen molar-refractivity contribution >= 4 is 39.0 Å². The Morgan fingerprint density at radius 3 is 2.75 bits per heavy atom. The molecule has 0 saturated heterocycles. The Hall–Kier alpha value is -2.80. The molecule has 2 aromatic carbocycles. The number of carbonyl (C=O) groups excluding carboxylic acids is 1. The summed E-state index contributed by atoms with van der Waals surface area (Å²) in [7, 11) is 0. The standard InChI is InChI=1S/C17H13BrN2O4/c1-9-14-12(21)6-3-7-13(14)24-16(9)17(23)20-19-8-10-4-2-5-11(18)15(10)22/h2-8,21-22H,1H3,(H,20,23)/b19-8-. The lowest BCUT2D eigenvalue weighted by molar-refractivity contribution is 0.0929. The molecule has 0 aliphatic rings. The second-order valence-electron chi connectivity index (χ2n) is 5.08. The molecule has 0 radical (unpaired) electrons. The van der Waals surface area contributed by atoms with E-state index in [0.29, 0.717) is 26.6 Å². The van der Waals surface area contributed by atoms with Gasteiger partial charge in [0.15, 0.2) is 5.76 Å². The Bertz CT molecular complexity index is 963. The van der Waals surface area contributed by atoms with Gasteiger partial charge in [-0.1, -0.05) is 12.1 Å². The molecule has 0 aliphatic carbocycles. The number of phenolic OH excluding ortho intramolecular Hbond substituents is 2. The van der Waals surface area contributed by atoms with Gasteiger partial charge in [-0.05, 0) is 47.1 Å².